The van der Waals surface area contributed by atoms with Gasteiger partial charge in [-0.2, -0.15) is 5.10 Å². The van der Waals surface area contributed by atoms with Crippen LogP contribution < -0.4 is 5.69 Å². The van der Waals surface area contributed by atoms with Gasteiger partial charge in [0.05, 0.1) is 6.54 Å². The van der Waals surface area contributed by atoms with E-state index in [0.717, 1.165) is 30.9 Å². The van der Waals surface area contributed by atoms with Gasteiger partial charge >= 0.3 is 5.69 Å². The second-order valence-corrected chi connectivity index (χ2v) is 7.67. The Bertz CT molecular complexity index is 885. The molecule has 1 fully saturated rings. The summed E-state index contributed by atoms with van der Waals surface area (Å²) in [5, 5.41) is 4.64. The van der Waals surface area contributed by atoms with Gasteiger partial charge in [0, 0.05) is 37.8 Å². The minimum absolute atomic E-state index is 0.0502. The Morgan fingerprint density at radius 2 is 2.11 bits per heavy atom. The van der Waals surface area contributed by atoms with E-state index in [0.29, 0.717) is 31.9 Å². The lowest BCUT2D eigenvalue weighted by atomic mass is 9.96. The molecule has 1 amide bonds. The van der Waals surface area contributed by atoms with Crippen LogP contribution in [0.2, 0.25) is 0 Å². The number of carbonyl (C=O) groups is 1. The number of rotatable bonds is 6. The Labute approximate surface area is 165 Å². The molecule has 0 aliphatic carbocycles. The third-order valence-corrected chi connectivity index (χ3v) is 5.21. The van der Waals surface area contributed by atoms with Gasteiger partial charge in [-0.15, -0.1) is 0 Å². The Balaban J connectivity index is 1.81. The molecule has 28 heavy (non-hydrogen) atoms. The quantitative estimate of drug-likeness (QED) is 0.749. The van der Waals surface area contributed by atoms with E-state index in [1.54, 1.807) is 15.3 Å². The van der Waals surface area contributed by atoms with E-state index in [-0.39, 0.29) is 17.5 Å². The van der Waals surface area contributed by atoms with Crippen LogP contribution in [-0.4, -0.2) is 68.8 Å². The summed E-state index contributed by atoms with van der Waals surface area (Å²) in [4.78, 5) is 33.9. The second-order valence-electron chi connectivity index (χ2n) is 7.67. The van der Waals surface area contributed by atoms with Crippen molar-refractivity contribution in [2.75, 3.05) is 33.7 Å². The van der Waals surface area contributed by atoms with Gasteiger partial charge in [-0.3, -0.25) is 9.36 Å². The van der Waals surface area contributed by atoms with Gasteiger partial charge in [-0.1, -0.05) is 6.07 Å². The zero-order valence-corrected chi connectivity index (χ0v) is 17.3. The zero-order valence-electron chi connectivity index (χ0n) is 17.3. The lowest BCUT2D eigenvalue weighted by Crippen LogP contribution is -2.40. The van der Waals surface area contributed by atoms with Crippen LogP contribution in [0.15, 0.2) is 23.0 Å². The van der Waals surface area contributed by atoms with Gasteiger partial charge in [-0.05, 0) is 52.9 Å². The SMILES string of the molecule is CCn1c([C@@H]2CCCN(C(=O)c3cccc(C)n3)C2)nn(CCN(C)C)c1=O. The Morgan fingerprint density at radius 1 is 1.32 bits per heavy atom. The summed E-state index contributed by atoms with van der Waals surface area (Å²) in [6.45, 7) is 7.03. The van der Waals surface area contributed by atoms with Crippen LogP contribution in [0.5, 0.6) is 0 Å². The largest absolute Gasteiger partial charge is 0.345 e. The minimum Gasteiger partial charge on any atom is -0.337 e. The highest BCUT2D eigenvalue weighted by molar-refractivity contribution is 5.92. The molecule has 0 saturated carbocycles. The number of hydrogen-bond donors (Lipinski definition) is 0. The van der Waals surface area contributed by atoms with Crippen LogP contribution in [0.1, 0.15) is 47.7 Å². The number of carbonyl (C=O) groups excluding carboxylic acids is 1. The normalized spacial score (nSPS) is 17.3. The molecular formula is C20H30N6O2. The minimum atomic E-state index is -0.0665. The van der Waals surface area contributed by atoms with Crippen molar-refractivity contribution in [2.45, 2.75) is 45.7 Å². The number of amides is 1. The fraction of sp³-hybridized carbons (Fsp3) is 0.600. The molecule has 8 nitrogen and oxygen atoms in total. The van der Waals surface area contributed by atoms with Crippen molar-refractivity contribution < 1.29 is 4.79 Å². The molecule has 3 heterocycles. The predicted molar refractivity (Wildman–Crippen MR) is 108 cm³/mol. The highest BCUT2D eigenvalue weighted by Crippen LogP contribution is 2.26. The van der Waals surface area contributed by atoms with Crippen LogP contribution >= 0.6 is 0 Å². The summed E-state index contributed by atoms with van der Waals surface area (Å²) in [5.74, 6) is 0.808. The average molecular weight is 387 g/mol. The highest BCUT2D eigenvalue weighted by atomic mass is 16.2. The molecule has 0 bridgehead atoms. The summed E-state index contributed by atoms with van der Waals surface area (Å²) in [5.41, 5.74) is 1.24. The number of pyridine rings is 1. The lowest BCUT2D eigenvalue weighted by molar-refractivity contribution is 0.0697. The first-order valence-electron chi connectivity index (χ1n) is 9.96. The number of nitrogens with zero attached hydrogens (tertiary/aromatic N) is 6. The first-order valence-corrected chi connectivity index (χ1v) is 9.96. The first-order chi connectivity index (χ1) is 13.4. The number of aryl methyl sites for hydroxylation is 1. The molecule has 0 spiro atoms. The monoisotopic (exact) mass is 386 g/mol. The molecule has 3 rings (SSSR count). The van der Waals surface area contributed by atoms with Gasteiger partial charge in [-0.25, -0.2) is 14.5 Å². The van der Waals surface area contributed by atoms with Gasteiger partial charge in [0.15, 0.2) is 0 Å². The van der Waals surface area contributed by atoms with Gasteiger partial charge in [0.2, 0.25) is 0 Å². The number of likely N-dealkylation sites (N-methyl/N-ethyl adjacent to an activating group) is 1. The third kappa shape index (κ3) is 4.32. The van der Waals surface area contributed by atoms with Gasteiger partial charge in [0.1, 0.15) is 11.5 Å². The van der Waals surface area contributed by atoms with E-state index >= 15 is 0 Å². The maximum atomic E-state index is 12.9. The molecule has 2 aromatic heterocycles. The average Bonchev–Trinajstić information content (AvgIpc) is 3.01. The first kappa shape index (κ1) is 20.3. The molecule has 1 atom stereocenters. The number of piperidine rings is 1. The van der Waals surface area contributed by atoms with Crippen LogP contribution in [0.25, 0.3) is 0 Å². The van der Waals surface area contributed by atoms with E-state index < -0.39 is 0 Å². The van der Waals surface area contributed by atoms with Crippen molar-refractivity contribution in [3.05, 3.63) is 45.9 Å². The second kappa shape index (κ2) is 8.68. The molecule has 1 aliphatic rings. The van der Waals surface area contributed by atoms with Crippen LogP contribution in [-0.2, 0) is 13.1 Å². The summed E-state index contributed by atoms with van der Waals surface area (Å²) < 4.78 is 3.31. The Kier molecular flexibility index (Phi) is 6.28. The van der Waals surface area contributed by atoms with E-state index in [4.69, 9.17) is 0 Å². The smallest absolute Gasteiger partial charge is 0.337 e. The molecule has 0 aromatic carbocycles. The van der Waals surface area contributed by atoms with Crippen molar-refractivity contribution in [3.8, 4) is 0 Å². The maximum absolute atomic E-state index is 12.9. The van der Waals surface area contributed by atoms with Gasteiger partial charge in [0.25, 0.3) is 5.91 Å². The zero-order chi connectivity index (χ0) is 20.3. The van der Waals surface area contributed by atoms with E-state index in [2.05, 4.69) is 10.1 Å². The molecule has 152 valence electrons. The Morgan fingerprint density at radius 3 is 2.79 bits per heavy atom. The summed E-state index contributed by atoms with van der Waals surface area (Å²) >= 11 is 0. The predicted octanol–water partition coefficient (Wildman–Crippen LogP) is 1.35. The van der Waals surface area contributed by atoms with Crippen molar-refractivity contribution in [3.63, 3.8) is 0 Å². The fourth-order valence-electron chi connectivity index (χ4n) is 3.69. The number of hydrogen-bond acceptors (Lipinski definition) is 5. The standard InChI is InChI=1S/C20H30N6O2/c1-5-25-18(22-26(20(25)28)13-12-23(3)4)16-9-7-11-24(14-16)19(27)17-10-6-8-15(2)21-17/h6,8,10,16H,5,7,9,11-14H2,1-4H3/t16-/m1/s1. The molecule has 0 N–H and O–H groups in total. The van der Waals surface area contributed by atoms with Crippen LogP contribution in [0, 0.1) is 6.92 Å². The van der Waals surface area contributed by atoms with Crippen LogP contribution in [0.4, 0.5) is 0 Å². The van der Waals surface area contributed by atoms with Crippen molar-refractivity contribution in [2.24, 2.45) is 0 Å². The van der Waals surface area contributed by atoms with E-state index in [1.807, 2.05) is 49.9 Å². The summed E-state index contributed by atoms with van der Waals surface area (Å²) in [6, 6.07) is 5.51. The van der Waals surface area contributed by atoms with Crippen LogP contribution in [0.3, 0.4) is 0 Å². The third-order valence-electron chi connectivity index (χ3n) is 5.21. The van der Waals surface area contributed by atoms with Crippen molar-refractivity contribution >= 4 is 5.91 Å². The molecule has 2 aromatic rings. The lowest BCUT2D eigenvalue weighted by Gasteiger charge is -2.32. The van der Waals surface area contributed by atoms with E-state index in [1.165, 1.54) is 0 Å². The molecular weight excluding hydrogens is 356 g/mol. The molecule has 0 radical (unpaired) electrons. The fourth-order valence-corrected chi connectivity index (χ4v) is 3.69. The van der Waals surface area contributed by atoms with Gasteiger partial charge < -0.3 is 9.80 Å². The highest BCUT2D eigenvalue weighted by Gasteiger charge is 2.30. The summed E-state index contributed by atoms with van der Waals surface area (Å²) in [6.07, 6.45) is 1.82. The van der Waals surface area contributed by atoms with E-state index in [9.17, 15) is 9.59 Å². The molecule has 0 unspecified atom stereocenters. The molecule has 1 aliphatic heterocycles. The topological polar surface area (TPSA) is 76.3 Å². The number of likely N-dealkylation sites (tertiary alicyclic amines) is 1. The number of aromatic nitrogens is 4. The van der Waals surface area contributed by atoms with Crippen molar-refractivity contribution in [1.82, 2.24) is 29.1 Å². The molecule has 8 heteroatoms. The Hall–Kier alpha value is -2.48. The summed E-state index contributed by atoms with van der Waals surface area (Å²) in [7, 11) is 3.96. The van der Waals surface area contributed by atoms with Crippen molar-refractivity contribution in [1.29, 1.82) is 0 Å². The maximum Gasteiger partial charge on any atom is 0.345 e. The molecule has 1 saturated heterocycles.